The lowest BCUT2D eigenvalue weighted by Gasteiger charge is -2.30. The van der Waals surface area contributed by atoms with Gasteiger partial charge >= 0.3 is 6.09 Å². The number of aryl methyl sites for hydroxylation is 2. The van der Waals surface area contributed by atoms with Gasteiger partial charge in [0.15, 0.2) is 0 Å². The van der Waals surface area contributed by atoms with Crippen LogP contribution >= 0.6 is 11.8 Å². The lowest BCUT2D eigenvalue weighted by Crippen LogP contribution is -2.51. The molecule has 2 N–H and O–H groups in total. The van der Waals surface area contributed by atoms with E-state index >= 15 is 0 Å². The van der Waals surface area contributed by atoms with Crippen LogP contribution in [0.4, 0.5) is 10.5 Å². The molecule has 2 atom stereocenters. The molecule has 0 aromatic heterocycles. The Balaban J connectivity index is 2.50. The second kappa shape index (κ2) is 13.6. The summed E-state index contributed by atoms with van der Waals surface area (Å²) < 4.78 is 5.36. The fourth-order valence-corrected chi connectivity index (χ4v) is 4.23. The number of anilines is 1. The van der Waals surface area contributed by atoms with Crippen molar-refractivity contribution in [2.75, 3.05) is 17.3 Å². The number of ether oxygens (including phenoxy) is 1. The molecule has 0 heterocycles. The minimum atomic E-state index is -1.18. The monoisotopic (exact) mass is 533 g/mol. The molecule has 8 heteroatoms. The number of rotatable bonds is 9. The van der Waals surface area contributed by atoms with E-state index in [1.165, 1.54) is 11.8 Å². The van der Waals surface area contributed by atoms with Gasteiger partial charge in [0.2, 0.25) is 0 Å². The van der Waals surface area contributed by atoms with Crippen molar-refractivity contribution in [3.05, 3.63) is 64.7 Å². The van der Waals surface area contributed by atoms with Crippen molar-refractivity contribution in [1.82, 2.24) is 10.2 Å². The van der Waals surface area contributed by atoms with Crippen molar-refractivity contribution >= 4 is 35.4 Å². The molecule has 0 saturated heterocycles. The Labute approximate surface area is 230 Å². The summed E-state index contributed by atoms with van der Waals surface area (Å²) in [5.41, 5.74) is 2.70. The number of nitrogens with one attached hydrogen (secondary N) is 2. The van der Waals surface area contributed by atoms with E-state index in [-0.39, 0.29) is 0 Å². The van der Waals surface area contributed by atoms with E-state index in [0.29, 0.717) is 29.0 Å². The maximum Gasteiger partial charge on any atom is 0.408 e. The first-order chi connectivity index (χ1) is 17.9. The average molecular weight is 534 g/mol. The Morgan fingerprint density at radius 1 is 1.05 bits per heavy atom. The topological polar surface area (TPSA) is 87.7 Å². The Morgan fingerprint density at radius 2 is 1.66 bits per heavy atom. The summed E-state index contributed by atoms with van der Waals surface area (Å²) in [6, 6.07) is 12.5. The molecular formula is C30H35N3O4S. The smallest absolute Gasteiger partial charge is 0.408 e. The molecule has 0 aliphatic rings. The third-order valence-electron chi connectivity index (χ3n) is 5.61. The van der Waals surface area contributed by atoms with Crippen LogP contribution in [-0.4, -0.2) is 46.5 Å². The SMILES string of the molecule is C#Cc1ccc(C(C(=O)Nc2c(C)cccc2C)N(C#C)C(=O)C(CCSC)NC(=O)OC(C)(C)C)cc1. The largest absolute Gasteiger partial charge is 0.444 e. The van der Waals surface area contributed by atoms with E-state index < -0.39 is 35.6 Å². The van der Waals surface area contributed by atoms with Crippen molar-refractivity contribution in [1.29, 1.82) is 0 Å². The van der Waals surface area contributed by atoms with Crippen LogP contribution in [0.1, 0.15) is 55.5 Å². The maximum atomic E-state index is 13.8. The van der Waals surface area contributed by atoms with Crippen molar-refractivity contribution < 1.29 is 19.1 Å². The van der Waals surface area contributed by atoms with Crippen LogP contribution < -0.4 is 10.6 Å². The fourth-order valence-electron chi connectivity index (χ4n) is 3.76. The molecule has 0 bridgehead atoms. The first kappa shape index (κ1) is 30.3. The van der Waals surface area contributed by atoms with E-state index in [9.17, 15) is 14.4 Å². The van der Waals surface area contributed by atoms with Gasteiger partial charge in [0.05, 0.1) is 0 Å². The van der Waals surface area contributed by atoms with E-state index in [1.807, 2.05) is 38.3 Å². The molecule has 7 nitrogen and oxygen atoms in total. The van der Waals surface area contributed by atoms with Gasteiger partial charge in [0, 0.05) is 17.3 Å². The van der Waals surface area contributed by atoms with E-state index in [0.717, 1.165) is 16.0 Å². The number of carbonyl (C=O) groups excluding carboxylic acids is 3. The second-order valence-electron chi connectivity index (χ2n) is 9.74. The number of alkyl carbamates (subject to hydrolysis) is 1. The zero-order valence-electron chi connectivity index (χ0n) is 22.8. The van der Waals surface area contributed by atoms with Crippen LogP contribution in [0.2, 0.25) is 0 Å². The zero-order valence-corrected chi connectivity index (χ0v) is 23.6. The maximum absolute atomic E-state index is 13.8. The summed E-state index contributed by atoms with van der Waals surface area (Å²) in [6.07, 6.45) is 12.8. The highest BCUT2D eigenvalue weighted by Crippen LogP contribution is 2.27. The highest BCUT2D eigenvalue weighted by atomic mass is 32.2. The Bertz CT molecular complexity index is 1220. The van der Waals surface area contributed by atoms with Crippen LogP contribution in [0.25, 0.3) is 0 Å². The number of carbonyl (C=O) groups is 3. The predicted molar refractivity (Wildman–Crippen MR) is 153 cm³/mol. The van der Waals surface area contributed by atoms with Crippen LogP contribution in [-0.2, 0) is 14.3 Å². The lowest BCUT2D eigenvalue weighted by molar-refractivity contribution is -0.136. The second-order valence-corrected chi connectivity index (χ2v) is 10.7. The van der Waals surface area contributed by atoms with Crippen molar-refractivity contribution in [3.8, 4) is 24.8 Å². The highest BCUT2D eigenvalue weighted by molar-refractivity contribution is 7.98. The number of thioether (sulfide) groups is 1. The van der Waals surface area contributed by atoms with Gasteiger partial charge in [0.25, 0.3) is 11.8 Å². The number of amides is 3. The first-order valence-electron chi connectivity index (χ1n) is 12.1. The van der Waals surface area contributed by atoms with Crippen molar-refractivity contribution in [3.63, 3.8) is 0 Å². The van der Waals surface area contributed by atoms with Gasteiger partial charge in [-0.25, -0.2) is 4.79 Å². The summed E-state index contributed by atoms with van der Waals surface area (Å²) in [6.45, 7) is 8.95. The van der Waals surface area contributed by atoms with E-state index in [1.54, 1.807) is 45.0 Å². The summed E-state index contributed by atoms with van der Waals surface area (Å²) in [5, 5.41) is 5.58. The fraction of sp³-hybridized carbons (Fsp3) is 0.367. The van der Waals surface area contributed by atoms with Crippen LogP contribution in [0, 0.1) is 38.7 Å². The van der Waals surface area contributed by atoms with Crippen LogP contribution in [0.3, 0.4) is 0 Å². The number of benzene rings is 2. The third kappa shape index (κ3) is 8.33. The normalized spacial score (nSPS) is 12.3. The van der Waals surface area contributed by atoms with Gasteiger partial charge < -0.3 is 15.4 Å². The molecule has 0 radical (unpaired) electrons. The number of hydrogen-bond acceptors (Lipinski definition) is 5. The molecular weight excluding hydrogens is 498 g/mol. The first-order valence-corrected chi connectivity index (χ1v) is 13.5. The van der Waals surface area contributed by atoms with Crippen LogP contribution in [0.5, 0.6) is 0 Å². The van der Waals surface area contributed by atoms with Crippen molar-refractivity contribution in [2.24, 2.45) is 0 Å². The zero-order chi connectivity index (χ0) is 28.5. The van der Waals surface area contributed by atoms with Gasteiger partial charge in [-0.05, 0) is 81.9 Å². The standard InChI is InChI=1S/C30H35N3O4S/c1-9-22-14-16-23(17-15-22)26(27(34)32-25-20(3)12-11-13-21(25)4)33(10-2)28(35)24(18-19-38-8)31-29(36)37-30(5,6)7/h1-2,11-17,24,26H,18-19H2,3-8H3,(H,31,36)(H,32,34). The molecule has 0 aliphatic heterocycles. The average Bonchev–Trinajstić information content (AvgIpc) is 2.85. The van der Waals surface area contributed by atoms with Gasteiger partial charge in [0.1, 0.15) is 17.7 Å². The third-order valence-corrected chi connectivity index (χ3v) is 6.25. The molecule has 200 valence electrons. The Kier molecular flexibility index (Phi) is 10.9. The van der Waals surface area contributed by atoms with Gasteiger partial charge in [-0.3, -0.25) is 14.5 Å². The van der Waals surface area contributed by atoms with E-state index in [2.05, 4.69) is 22.6 Å². The lowest BCUT2D eigenvalue weighted by atomic mass is 10.0. The summed E-state index contributed by atoms with van der Waals surface area (Å²) in [4.78, 5) is 41.1. The van der Waals surface area contributed by atoms with Gasteiger partial charge in [-0.2, -0.15) is 11.8 Å². The molecule has 2 rings (SSSR count). The molecule has 0 aliphatic carbocycles. The molecule has 38 heavy (non-hydrogen) atoms. The number of terminal acetylenes is 2. The number of nitrogens with zero attached hydrogens (tertiary/aromatic N) is 1. The highest BCUT2D eigenvalue weighted by Gasteiger charge is 2.36. The van der Waals surface area contributed by atoms with Crippen LogP contribution in [0.15, 0.2) is 42.5 Å². The molecule has 2 unspecified atom stereocenters. The quantitative estimate of drug-likeness (QED) is 0.349. The molecule has 2 aromatic carbocycles. The van der Waals surface area contributed by atoms with Gasteiger partial charge in [-0.1, -0.05) is 42.7 Å². The minimum Gasteiger partial charge on any atom is -0.444 e. The van der Waals surface area contributed by atoms with Crippen molar-refractivity contribution in [2.45, 2.75) is 58.7 Å². The van der Waals surface area contributed by atoms with E-state index in [4.69, 9.17) is 17.6 Å². The van der Waals surface area contributed by atoms with Gasteiger partial charge in [-0.15, -0.1) is 6.42 Å². The number of hydrogen-bond donors (Lipinski definition) is 2. The number of para-hydroxylation sites is 1. The summed E-state index contributed by atoms with van der Waals surface area (Å²) >= 11 is 1.51. The Morgan fingerprint density at radius 3 is 2.16 bits per heavy atom. The summed E-state index contributed by atoms with van der Waals surface area (Å²) in [5.74, 6) is 2.01. The predicted octanol–water partition coefficient (Wildman–Crippen LogP) is 5.03. The molecule has 3 amide bonds. The Hall–Kier alpha value is -3.88. The molecule has 2 aromatic rings. The summed E-state index contributed by atoms with van der Waals surface area (Å²) in [7, 11) is 0. The molecule has 0 saturated carbocycles. The molecule has 0 spiro atoms. The molecule has 0 fully saturated rings. The minimum absolute atomic E-state index is 0.290.